The number of carbonyl (C=O) groups excluding carboxylic acids is 1. The van der Waals surface area contributed by atoms with Crippen molar-refractivity contribution in [2.45, 2.75) is 37.7 Å². The van der Waals surface area contributed by atoms with Gasteiger partial charge in [-0.2, -0.15) is 0 Å². The van der Waals surface area contributed by atoms with Crippen molar-refractivity contribution in [2.75, 3.05) is 6.54 Å². The van der Waals surface area contributed by atoms with E-state index in [0.717, 1.165) is 18.4 Å². The van der Waals surface area contributed by atoms with Crippen molar-refractivity contribution < 1.29 is 9.53 Å². The summed E-state index contributed by atoms with van der Waals surface area (Å²) >= 11 is 0. The van der Waals surface area contributed by atoms with E-state index in [-0.39, 0.29) is 11.3 Å². The summed E-state index contributed by atoms with van der Waals surface area (Å²) in [5, 5.41) is 3.18. The Morgan fingerprint density at radius 3 is 2.59 bits per heavy atom. The van der Waals surface area contributed by atoms with Gasteiger partial charge in [-0.3, -0.25) is 9.78 Å². The normalized spacial score (nSPS) is 15.0. The van der Waals surface area contributed by atoms with Crippen molar-refractivity contribution in [1.82, 2.24) is 10.3 Å². The Hall–Kier alpha value is -3.14. The maximum atomic E-state index is 12.8. The Bertz CT molecular complexity index is 935. The lowest BCUT2D eigenvalue weighted by Gasteiger charge is -2.30. The van der Waals surface area contributed by atoms with Gasteiger partial charge in [0.15, 0.2) is 0 Å². The lowest BCUT2D eigenvalue weighted by atomic mass is 9.79. The Morgan fingerprint density at radius 1 is 1.00 bits per heavy atom. The van der Waals surface area contributed by atoms with Crippen LogP contribution in [-0.2, 0) is 12.0 Å². The molecule has 4 rings (SSSR count). The van der Waals surface area contributed by atoms with Crippen molar-refractivity contribution in [3.8, 4) is 5.75 Å². The topological polar surface area (TPSA) is 51.2 Å². The molecule has 0 aliphatic heterocycles. The number of benzene rings is 2. The van der Waals surface area contributed by atoms with E-state index in [1.807, 2.05) is 36.4 Å². The molecule has 3 aromatic rings. The molecule has 0 saturated heterocycles. The lowest BCUT2D eigenvalue weighted by Crippen LogP contribution is -2.39. The molecule has 29 heavy (non-hydrogen) atoms. The van der Waals surface area contributed by atoms with Gasteiger partial charge in [-0.15, -0.1) is 0 Å². The predicted octanol–water partition coefficient (Wildman–Crippen LogP) is 4.90. The van der Waals surface area contributed by atoms with Crippen molar-refractivity contribution in [1.29, 1.82) is 0 Å². The van der Waals surface area contributed by atoms with Gasteiger partial charge in [0.05, 0.1) is 0 Å². The minimum atomic E-state index is -0.0565. The Morgan fingerprint density at radius 2 is 1.83 bits per heavy atom. The lowest BCUT2D eigenvalue weighted by molar-refractivity contribution is 0.0942. The summed E-state index contributed by atoms with van der Waals surface area (Å²) in [7, 11) is 0. The molecule has 0 unspecified atom stereocenters. The molecule has 1 aliphatic rings. The second-order valence-corrected chi connectivity index (χ2v) is 7.71. The molecule has 4 heteroatoms. The molecule has 1 heterocycles. The summed E-state index contributed by atoms with van der Waals surface area (Å²) in [5.41, 5.74) is 2.99. The molecule has 1 saturated carbocycles. The molecule has 1 aromatic heterocycles. The third-order valence-corrected chi connectivity index (χ3v) is 5.76. The van der Waals surface area contributed by atoms with Gasteiger partial charge in [0.25, 0.3) is 5.91 Å². The molecule has 148 valence electrons. The average Bonchev–Trinajstić information content (AvgIpc) is 3.28. The van der Waals surface area contributed by atoms with Crippen LogP contribution in [0.1, 0.15) is 47.2 Å². The molecule has 1 fully saturated rings. The third kappa shape index (κ3) is 4.65. The van der Waals surface area contributed by atoms with Gasteiger partial charge in [-0.1, -0.05) is 55.3 Å². The minimum absolute atomic E-state index is 0.0470. The van der Waals surface area contributed by atoms with Crippen LogP contribution in [-0.4, -0.2) is 17.4 Å². The van der Waals surface area contributed by atoms with E-state index in [1.54, 1.807) is 18.5 Å². The first-order valence-electron chi connectivity index (χ1n) is 10.2. The van der Waals surface area contributed by atoms with Crippen molar-refractivity contribution in [3.63, 3.8) is 0 Å². The summed E-state index contributed by atoms with van der Waals surface area (Å²) in [6.45, 7) is 1.09. The average molecular weight is 386 g/mol. The molecule has 0 bridgehead atoms. The number of ether oxygens (including phenoxy) is 1. The third-order valence-electron chi connectivity index (χ3n) is 5.76. The first-order valence-corrected chi connectivity index (χ1v) is 10.2. The maximum absolute atomic E-state index is 12.8. The van der Waals surface area contributed by atoms with E-state index in [4.69, 9.17) is 4.74 Å². The number of carbonyl (C=O) groups is 1. The molecular weight excluding hydrogens is 360 g/mol. The van der Waals surface area contributed by atoms with Crippen LogP contribution in [0.4, 0.5) is 0 Å². The van der Waals surface area contributed by atoms with Crippen LogP contribution < -0.4 is 10.1 Å². The van der Waals surface area contributed by atoms with Crippen molar-refractivity contribution in [2.24, 2.45) is 0 Å². The van der Waals surface area contributed by atoms with Crippen molar-refractivity contribution in [3.05, 3.63) is 95.8 Å². The smallest absolute Gasteiger partial charge is 0.251 e. The number of hydrogen-bond donors (Lipinski definition) is 1. The van der Waals surface area contributed by atoms with Crippen LogP contribution in [0.15, 0.2) is 79.1 Å². The van der Waals surface area contributed by atoms with Crippen LogP contribution in [0.2, 0.25) is 0 Å². The summed E-state index contributed by atoms with van der Waals surface area (Å²) in [6, 6.07) is 21.8. The molecule has 1 N–H and O–H groups in total. The quantitative estimate of drug-likeness (QED) is 0.628. The van der Waals surface area contributed by atoms with E-state index >= 15 is 0 Å². The van der Waals surface area contributed by atoms with Crippen LogP contribution in [0.25, 0.3) is 0 Å². The summed E-state index contributed by atoms with van der Waals surface area (Å²) in [5.74, 6) is 0.624. The first-order chi connectivity index (χ1) is 14.3. The van der Waals surface area contributed by atoms with E-state index in [1.165, 1.54) is 18.4 Å². The highest BCUT2D eigenvalue weighted by atomic mass is 16.5. The second kappa shape index (κ2) is 8.91. The van der Waals surface area contributed by atoms with Gasteiger partial charge < -0.3 is 10.1 Å². The molecule has 4 nitrogen and oxygen atoms in total. The minimum Gasteiger partial charge on any atom is -0.489 e. The molecule has 2 aromatic carbocycles. The van der Waals surface area contributed by atoms with Gasteiger partial charge in [-0.25, -0.2) is 0 Å². The summed E-state index contributed by atoms with van der Waals surface area (Å²) < 4.78 is 5.83. The number of aromatic nitrogens is 1. The van der Waals surface area contributed by atoms with Crippen molar-refractivity contribution >= 4 is 5.91 Å². The van der Waals surface area contributed by atoms with Gasteiger partial charge in [0.2, 0.25) is 0 Å². The number of nitrogens with zero attached hydrogens (tertiary/aromatic N) is 1. The Labute approximate surface area is 172 Å². The Kier molecular flexibility index (Phi) is 5.89. The van der Waals surface area contributed by atoms with Crippen LogP contribution in [0.5, 0.6) is 5.75 Å². The highest BCUT2D eigenvalue weighted by molar-refractivity contribution is 5.94. The fraction of sp³-hybridized carbons (Fsp3) is 0.280. The van der Waals surface area contributed by atoms with Gasteiger partial charge >= 0.3 is 0 Å². The van der Waals surface area contributed by atoms with Gasteiger partial charge in [0.1, 0.15) is 12.4 Å². The zero-order valence-electron chi connectivity index (χ0n) is 16.5. The second-order valence-electron chi connectivity index (χ2n) is 7.71. The maximum Gasteiger partial charge on any atom is 0.251 e. The number of hydrogen-bond acceptors (Lipinski definition) is 3. The van der Waals surface area contributed by atoms with E-state index in [9.17, 15) is 4.79 Å². The molecule has 1 aliphatic carbocycles. The fourth-order valence-electron chi connectivity index (χ4n) is 4.14. The Balaban J connectivity index is 1.40. The van der Waals surface area contributed by atoms with Crippen LogP contribution >= 0.6 is 0 Å². The standard InChI is InChI=1S/C25H26N2O2/c28-24(27-19-25(13-4-5-14-25)22-10-2-1-3-11-22)21-9-6-12-23(16-21)29-18-20-8-7-15-26-17-20/h1-3,6-12,15-17H,4-5,13-14,18-19H2,(H,27,28). The van der Waals surface area contributed by atoms with Crippen LogP contribution in [0, 0.1) is 0 Å². The number of pyridine rings is 1. The zero-order valence-corrected chi connectivity index (χ0v) is 16.5. The number of nitrogens with one attached hydrogen (secondary N) is 1. The highest BCUT2D eigenvalue weighted by Crippen LogP contribution is 2.40. The number of amides is 1. The van der Waals surface area contributed by atoms with Gasteiger partial charge in [-0.05, 0) is 42.7 Å². The van der Waals surface area contributed by atoms with E-state index in [0.29, 0.717) is 24.5 Å². The molecule has 0 radical (unpaired) electrons. The predicted molar refractivity (Wildman–Crippen MR) is 114 cm³/mol. The highest BCUT2D eigenvalue weighted by Gasteiger charge is 2.35. The SMILES string of the molecule is O=C(NCC1(c2ccccc2)CCCC1)c1cccc(OCc2cccnc2)c1. The van der Waals surface area contributed by atoms with E-state index < -0.39 is 0 Å². The largest absolute Gasteiger partial charge is 0.489 e. The fourth-order valence-corrected chi connectivity index (χ4v) is 4.14. The number of rotatable bonds is 7. The summed E-state index contributed by atoms with van der Waals surface area (Å²) in [6.07, 6.45) is 8.17. The summed E-state index contributed by atoms with van der Waals surface area (Å²) in [4.78, 5) is 16.9. The van der Waals surface area contributed by atoms with Crippen LogP contribution in [0.3, 0.4) is 0 Å². The zero-order chi connectivity index (χ0) is 19.9. The monoisotopic (exact) mass is 386 g/mol. The molecule has 0 spiro atoms. The first kappa shape index (κ1) is 19.2. The van der Waals surface area contributed by atoms with Gasteiger partial charge in [0, 0.05) is 35.5 Å². The molecule has 1 amide bonds. The molecular formula is C25H26N2O2. The molecule has 0 atom stereocenters. The van der Waals surface area contributed by atoms with E-state index in [2.05, 4.69) is 34.6 Å².